The van der Waals surface area contributed by atoms with Crippen LogP contribution in [0.15, 0.2) is 114 Å². The number of carbonyl (C=O) groups is 1. The Bertz CT molecular complexity index is 2180. The van der Waals surface area contributed by atoms with Crippen molar-refractivity contribution in [2.45, 2.75) is 44.1 Å². The number of hydrogen-bond acceptors (Lipinski definition) is 7. The number of aromatic nitrogens is 2. The van der Waals surface area contributed by atoms with Crippen molar-refractivity contribution in [1.29, 1.82) is 0 Å². The summed E-state index contributed by atoms with van der Waals surface area (Å²) < 4.78 is 83.4. The Kier molecular flexibility index (Phi) is 10.7. The Balaban J connectivity index is 1.44. The van der Waals surface area contributed by atoms with E-state index in [9.17, 15) is 26.8 Å². The molecule has 2 heterocycles. The summed E-state index contributed by atoms with van der Waals surface area (Å²) in [5.41, 5.74) is 0.131. The summed E-state index contributed by atoms with van der Waals surface area (Å²) in [7, 11) is -4.31. The van der Waals surface area contributed by atoms with Crippen molar-refractivity contribution in [3.63, 3.8) is 0 Å². The maximum Gasteiger partial charge on any atom is 0.278 e. The second kappa shape index (κ2) is 15.3. The largest absolute Gasteiger partial charge is 0.483 e. The molecule has 0 N–H and O–H groups in total. The van der Waals surface area contributed by atoms with E-state index in [1.54, 1.807) is 0 Å². The van der Waals surface area contributed by atoms with E-state index in [0.717, 1.165) is 35.6 Å². The summed E-state index contributed by atoms with van der Waals surface area (Å²) in [6, 6.07) is 25.7. The average Bonchev–Trinajstić information content (AvgIpc) is 3.60. The van der Waals surface area contributed by atoms with Crippen molar-refractivity contribution in [1.82, 2.24) is 14.7 Å². The highest BCUT2D eigenvalue weighted by molar-refractivity contribution is 7.86. The van der Waals surface area contributed by atoms with E-state index >= 15 is 4.39 Å². The first kappa shape index (κ1) is 35.6. The molecule has 1 aliphatic heterocycles. The molecule has 1 aromatic heterocycles. The fourth-order valence-electron chi connectivity index (χ4n) is 6.42. The Morgan fingerprint density at radius 2 is 1.61 bits per heavy atom. The SMILES string of the molecule is CS(=O)(=O)OC(C(c1cccc(F)c1)c1cccc(F)c1F)C1CCCN1C(=O)c1nn(Cc2ccccc2)cc(OCc2ccccc2)c1=O. The molecule has 13 heteroatoms. The van der Waals surface area contributed by atoms with Crippen molar-refractivity contribution >= 4 is 16.0 Å². The topological polar surface area (TPSA) is 108 Å². The minimum atomic E-state index is -4.31. The van der Waals surface area contributed by atoms with Crippen LogP contribution in [0.3, 0.4) is 0 Å². The molecular formula is C38H34F3N3O6S. The molecule has 1 fully saturated rings. The Labute approximate surface area is 293 Å². The Morgan fingerprint density at radius 1 is 0.922 bits per heavy atom. The number of benzene rings is 4. The fourth-order valence-corrected chi connectivity index (χ4v) is 7.06. The van der Waals surface area contributed by atoms with E-state index < -0.39 is 62.7 Å². The maximum absolute atomic E-state index is 15.5. The third-order valence-electron chi connectivity index (χ3n) is 8.64. The predicted octanol–water partition coefficient (Wildman–Crippen LogP) is 6.07. The molecular weight excluding hydrogens is 683 g/mol. The number of nitrogens with zero attached hydrogens (tertiary/aromatic N) is 3. The summed E-state index contributed by atoms with van der Waals surface area (Å²) in [5, 5.41) is 4.41. The first-order valence-corrected chi connectivity index (χ1v) is 18.0. The van der Waals surface area contributed by atoms with Crippen LogP contribution in [0.5, 0.6) is 5.75 Å². The number of ether oxygens (including phenoxy) is 1. The molecule has 264 valence electrons. The number of likely N-dealkylation sites (tertiary alicyclic amines) is 1. The highest BCUT2D eigenvalue weighted by Crippen LogP contribution is 2.39. The van der Waals surface area contributed by atoms with E-state index in [0.29, 0.717) is 6.42 Å². The van der Waals surface area contributed by atoms with Gasteiger partial charge in [-0.1, -0.05) is 84.9 Å². The lowest BCUT2D eigenvalue weighted by atomic mass is 9.82. The van der Waals surface area contributed by atoms with Crippen molar-refractivity contribution in [3.8, 4) is 5.75 Å². The number of amides is 1. The lowest BCUT2D eigenvalue weighted by molar-refractivity contribution is 0.0523. The van der Waals surface area contributed by atoms with Crippen LogP contribution in [0, 0.1) is 17.5 Å². The minimum absolute atomic E-state index is 0.0319. The van der Waals surface area contributed by atoms with Gasteiger partial charge >= 0.3 is 0 Å². The molecule has 1 aliphatic rings. The highest BCUT2D eigenvalue weighted by Gasteiger charge is 2.44. The third-order valence-corrected chi connectivity index (χ3v) is 9.21. The van der Waals surface area contributed by atoms with Crippen molar-refractivity contribution < 1.29 is 35.3 Å². The van der Waals surface area contributed by atoms with E-state index in [4.69, 9.17) is 8.92 Å². The van der Waals surface area contributed by atoms with Gasteiger partial charge in [0.15, 0.2) is 23.1 Å². The monoisotopic (exact) mass is 717 g/mol. The zero-order valence-corrected chi connectivity index (χ0v) is 28.3. The van der Waals surface area contributed by atoms with Crippen LogP contribution in [-0.4, -0.2) is 54.0 Å². The summed E-state index contributed by atoms with van der Waals surface area (Å²) in [6.07, 6.45) is 1.16. The van der Waals surface area contributed by atoms with Gasteiger partial charge in [0.1, 0.15) is 18.5 Å². The van der Waals surface area contributed by atoms with Gasteiger partial charge in [0, 0.05) is 18.0 Å². The summed E-state index contributed by atoms with van der Waals surface area (Å²) in [5.74, 6) is -5.56. The van der Waals surface area contributed by atoms with Gasteiger partial charge in [0.2, 0.25) is 0 Å². The maximum atomic E-state index is 15.5. The summed E-state index contributed by atoms with van der Waals surface area (Å²) in [4.78, 5) is 29.6. The van der Waals surface area contributed by atoms with E-state index in [1.807, 2.05) is 60.7 Å². The smallest absolute Gasteiger partial charge is 0.278 e. The van der Waals surface area contributed by atoms with Crippen LogP contribution < -0.4 is 10.2 Å². The molecule has 4 aromatic carbocycles. The number of halogens is 3. The molecule has 6 rings (SSSR count). The second-order valence-corrected chi connectivity index (χ2v) is 13.9. The molecule has 1 saturated heterocycles. The Morgan fingerprint density at radius 3 is 2.29 bits per heavy atom. The average molecular weight is 718 g/mol. The number of rotatable bonds is 12. The molecule has 3 unspecified atom stereocenters. The van der Waals surface area contributed by atoms with Gasteiger partial charge in [-0.2, -0.15) is 13.5 Å². The molecule has 0 spiro atoms. The molecule has 51 heavy (non-hydrogen) atoms. The Hall–Kier alpha value is -5.27. The first-order valence-electron chi connectivity index (χ1n) is 16.2. The van der Waals surface area contributed by atoms with Crippen LogP contribution in [-0.2, 0) is 27.5 Å². The highest BCUT2D eigenvalue weighted by atomic mass is 32.2. The van der Waals surface area contributed by atoms with Gasteiger partial charge in [-0.3, -0.25) is 18.5 Å². The fraction of sp³-hybridized carbons (Fsp3) is 0.237. The van der Waals surface area contributed by atoms with Crippen molar-refractivity contribution in [2.75, 3.05) is 12.8 Å². The zero-order valence-electron chi connectivity index (χ0n) is 27.5. The van der Waals surface area contributed by atoms with Crippen LogP contribution in [0.2, 0.25) is 0 Å². The first-order chi connectivity index (χ1) is 24.5. The zero-order chi connectivity index (χ0) is 36.1. The van der Waals surface area contributed by atoms with Crippen molar-refractivity contribution in [3.05, 3.63) is 165 Å². The molecule has 1 amide bonds. The molecule has 3 atom stereocenters. The minimum Gasteiger partial charge on any atom is -0.483 e. The summed E-state index contributed by atoms with van der Waals surface area (Å²) >= 11 is 0. The van der Waals surface area contributed by atoms with Crippen molar-refractivity contribution in [2.24, 2.45) is 0 Å². The normalized spacial score (nSPS) is 15.8. The second-order valence-electron chi connectivity index (χ2n) is 12.3. The van der Waals surface area contributed by atoms with Crippen LogP contribution >= 0.6 is 0 Å². The number of hydrogen-bond donors (Lipinski definition) is 0. The van der Waals surface area contributed by atoms with Gasteiger partial charge in [-0.25, -0.2) is 13.2 Å². The molecule has 0 aliphatic carbocycles. The summed E-state index contributed by atoms with van der Waals surface area (Å²) in [6.45, 7) is 0.278. The van der Waals surface area contributed by atoms with E-state index in [1.165, 1.54) is 40.0 Å². The molecule has 0 saturated carbocycles. The lowest BCUT2D eigenvalue weighted by Gasteiger charge is -2.36. The molecule has 9 nitrogen and oxygen atoms in total. The standard InChI is InChI=1S/C38H34F3N3O6S/c1-51(47,48)50-37(33(27-15-8-16-28(39)21-27)29-17-9-18-30(40)34(29)41)31-19-10-20-44(31)38(46)35-36(45)32(49-24-26-13-6-3-7-14-26)23-43(42-35)22-25-11-4-2-5-12-25/h2-9,11-18,21,23,31,33,37H,10,19-20,22,24H2,1H3. The predicted molar refractivity (Wildman–Crippen MR) is 183 cm³/mol. The van der Waals surface area contributed by atoms with Crippen LogP contribution in [0.1, 0.15) is 51.5 Å². The van der Waals surface area contributed by atoms with Gasteiger partial charge in [0.05, 0.1) is 25.0 Å². The molecule has 5 aromatic rings. The van der Waals surface area contributed by atoms with E-state index in [-0.39, 0.29) is 43.0 Å². The van der Waals surface area contributed by atoms with Gasteiger partial charge < -0.3 is 9.64 Å². The van der Waals surface area contributed by atoms with Gasteiger partial charge in [-0.05, 0) is 47.7 Å². The quantitative estimate of drug-likeness (QED) is 0.144. The molecule has 0 bridgehead atoms. The van der Waals surface area contributed by atoms with Crippen LogP contribution in [0.25, 0.3) is 0 Å². The van der Waals surface area contributed by atoms with E-state index in [2.05, 4.69) is 5.10 Å². The van der Waals surface area contributed by atoms with Gasteiger partial charge in [-0.15, -0.1) is 0 Å². The van der Waals surface area contributed by atoms with Gasteiger partial charge in [0.25, 0.3) is 21.5 Å². The van der Waals surface area contributed by atoms with Crippen LogP contribution in [0.4, 0.5) is 13.2 Å². The lowest BCUT2D eigenvalue weighted by Crippen LogP contribution is -2.48. The molecule has 0 radical (unpaired) electrons. The number of carbonyl (C=O) groups excluding carboxylic acids is 1. The third kappa shape index (κ3) is 8.38.